The number of likely N-dealkylation sites (tertiary alicyclic amines) is 2. The van der Waals surface area contributed by atoms with Crippen molar-refractivity contribution in [2.45, 2.75) is 94.5 Å². The van der Waals surface area contributed by atoms with Crippen LogP contribution in [0.15, 0.2) is 47.4 Å². The van der Waals surface area contributed by atoms with E-state index in [0.29, 0.717) is 33.7 Å². The van der Waals surface area contributed by atoms with Crippen LogP contribution in [0.2, 0.25) is 0 Å². The Hall–Kier alpha value is -2.46. The normalized spacial score (nSPS) is 23.9. The Balaban J connectivity index is 1.01. The molecule has 3 aliphatic heterocycles. The molecule has 3 saturated heterocycles. The summed E-state index contributed by atoms with van der Waals surface area (Å²) >= 11 is 0. The Morgan fingerprint density at radius 2 is 1.53 bits per heavy atom. The number of methoxy groups -OCH3 is 1. The van der Waals surface area contributed by atoms with Crippen LogP contribution in [-0.2, 0) is 25.1 Å². The predicted octanol–water partition coefficient (Wildman–Crippen LogP) is 5.66. The number of carbonyl (C=O) groups is 1. The zero-order valence-corrected chi connectivity index (χ0v) is 28.2. The van der Waals surface area contributed by atoms with Gasteiger partial charge in [-0.1, -0.05) is 36.8 Å². The second-order valence-electron chi connectivity index (χ2n) is 14.0. The lowest BCUT2D eigenvalue weighted by Gasteiger charge is -2.56. The largest absolute Gasteiger partial charge is 0.497 e. The first-order chi connectivity index (χ1) is 21.7. The Labute approximate surface area is 270 Å². The highest BCUT2D eigenvalue weighted by molar-refractivity contribution is 7.89. The molecule has 3 heterocycles. The maximum absolute atomic E-state index is 13.9. The third-order valence-corrected chi connectivity index (χ3v) is 13.7. The van der Waals surface area contributed by atoms with Crippen LogP contribution >= 0.6 is 0 Å². The van der Waals surface area contributed by atoms with Crippen LogP contribution in [-0.4, -0.2) is 87.5 Å². The van der Waals surface area contributed by atoms with E-state index in [1.165, 1.54) is 50.8 Å². The van der Waals surface area contributed by atoms with Gasteiger partial charge in [-0.2, -0.15) is 4.31 Å². The van der Waals surface area contributed by atoms with E-state index < -0.39 is 10.0 Å². The van der Waals surface area contributed by atoms with Crippen molar-refractivity contribution in [3.05, 3.63) is 59.2 Å². The summed E-state index contributed by atoms with van der Waals surface area (Å²) in [5.41, 5.74) is 3.34. The van der Waals surface area contributed by atoms with E-state index in [1.807, 2.05) is 18.7 Å². The monoisotopic (exact) mass is 637 g/mol. The van der Waals surface area contributed by atoms with Gasteiger partial charge in [-0.3, -0.25) is 9.69 Å². The fraction of sp³-hybridized carbons (Fsp3) is 0.639. The predicted molar refractivity (Wildman–Crippen MR) is 176 cm³/mol. The molecule has 4 aliphatic rings. The van der Waals surface area contributed by atoms with Crippen molar-refractivity contribution in [2.24, 2.45) is 5.41 Å². The lowest BCUT2D eigenvalue weighted by molar-refractivity contribution is -0.140. The van der Waals surface area contributed by atoms with Crippen molar-refractivity contribution in [2.75, 3.05) is 53.0 Å². The number of ether oxygens (including phenoxy) is 2. The maximum atomic E-state index is 13.9. The van der Waals surface area contributed by atoms with E-state index in [1.54, 1.807) is 23.5 Å². The van der Waals surface area contributed by atoms with Gasteiger partial charge in [0.15, 0.2) is 0 Å². The quantitative estimate of drug-likeness (QED) is 0.354. The minimum Gasteiger partial charge on any atom is -0.497 e. The van der Waals surface area contributed by atoms with Crippen LogP contribution in [0.5, 0.6) is 5.75 Å². The van der Waals surface area contributed by atoms with Crippen LogP contribution < -0.4 is 4.74 Å². The second kappa shape index (κ2) is 13.3. The molecule has 1 spiro atoms. The van der Waals surface area contributed by atoms with Crippen molar-refractivity contribution in [3.63, 3.8) is 0 Å². The van der Waals surface area contributed by atoms with E-state index in [9.17, 15) is 13.2 Å². The topological polar surface area (TPSA) is 79.4 Å². The molecule has 2 aromatic carbocycles. The van der Waals surface area contributed by atoms with Gasteiger partial charge in [0.05, 0.1) is 18.6 Å². The molecule has 2 aromatic rings. The lowest BCUT2D eigenvalue weighted by Crippen LogP contribution is -2.56. The molecule has 1 saturated carbocycles. The molecule has 0 unspecified atom stereocenters. The third kappa shape index (κ3) is 6.42. The van der Waals surface area contributed by atoms with Gasteiger partial charge >= 0.3 is 0 Å². The summed E-state index contributed by atoms with van der Waals surface area (Å²) in [4.78, 5) is 18.3. The summed E-state index contributed by atoms with van der Waals surface area (Å²) < 4.78 is 40.6. The van der Waals surface area contributed by atoms with E-state index in [-0.39, 0.29) is 30.7 Å². The lowest BCUT2D eigenvalue weighted by atomic mass is 9.61. The summed E-state index contributed by atoms with van der Waals surface area (Å²) in [6.07, 6.45) is 10.7. The average molecular weight is 638 g/mol. The molecule has 4 fully saturated rings. The van der Waals surface area contributed by atoms with Crippen molar-refractivity contribution in [3.8, 4) is 5.75 Å². The standard InChI is InChI=1S/C36H51N3O5S/c1-28-24-32(43-3)25-29(2)34(28)45(41,42)39-21-8-7-12-31(39)26-44-27-33(40)37-22-17-35(18-23-37)13-15-36(16-14-35,38-19-9-20-38)30-10-5-4-6-11-30/h4-6,10-11,24-25,31H,7-9,12-23,26-27H2,1-3H3/t31-/m0/s1. The molecular weight excluding hydrogens is 586 g/mol. The summed E-state index contributed by atoms with van der Waals surface area (Å²) in [5.74, 6) is 0.673. The fourth-order valence-electron chi connectivity index (χ4n) is 8.59. The number of hydrogen-bond acceptors (Lipinski definition) is 6. The second-order valence-corrected chi connectivity index (χ2v) is 15.8. The number of carbonyl (C=O) groups excluding carboxylic acids is 1. The minimum absolute atomic E-state index is 0.00403. The Bertz CT molecular complexity index is 1420. The van der Waals surface area contributed by atoms with Crippen LogP contribution in [0.3, 0.4) is 0 Å². The first kappa shape index (κ1) is 32.5. The van der Waals surface area contributed by atoms with E-state index in [0.717, 1.165) is 45.2 Å². The molecule has 45 heavy (non-hydrogen) atoms. The molecular formula is C36H51N3O5S. The van der Waals surface area contributed by atoms with Crippen LogP contribution in [0.1, 0.15) is 80.9 Å². The molecule has 1 amide bonds. The molecule has 6 rings (SSSR count). The van der Waals surface area contributed by atoms with E-state index in [4.69, 9.17) is 9.47 Å². The summed E-state index contributed by atoms with van der Waals surface area (Å²) in [5, 5.41) is 0. The highest BCUT2D eigenvalue weighted by Crippen LogP contribution is 2.53. The van der Waals surface area contributed by atoms with E-state index >= 15 is 0 Å². The molecule has 1 aliphatic carbocycles. The average Bonchev–Trinajstić information content (AvgIpc) is 3.02. The van der Waals surface area contributed by atoms with Gasteiger partial charge in [0.1, 0.15) is 12.4 Å². The third-order valence-electron chi connectivity index (χ3n) is 11.4. The van der Waals surface area contributed by atoms with Gasteiger partial charge in [-0.05, 0) is 106 Å². The molecule has 8 nitrogen and oxygen atoms in total. The van der Waals surface area contributed by atoms with Gasteiger partial charge in [0, 0.05) is 44.3 Å². The zero-order valence-electron chi connectivity index (χ0n) is 27.4. The van der Waals surface area contributed by atoms with E-state index in [2.05, 4.69) is 35.2 Å². The minimum atomic E-state index is -3.71. The zero-order chi connectivity index (χ0) is 31.7. The van der Waals surface area contributed by atoms with Crippen molar-refractivity contribution in [1.29, 1.82) is 0 Å². The highest BCUT2D eigenvalue weighted by Gasteiger charge is 2.49. The number of rotatable bonds is 9. The Kier molecular flexibility index (Phi) is 9.63. The number of nitrogens with zero attached hydrogens (tertiary/aromatic N) is 3. The fourth-order valence-corrected chi connectivity index (χ4v) is 10.7. The molecule has 246 valence electrons. The number of aryl methyl sites for hydroxylation is 2. The Morgan fingerprint density at radius 3 is 2.13 bits per heavy atom. The molecule has 1 atom stereocenters. The summed E-state index contributed by atoms with van der Waals surface area (Å²) in [6, 6.07) is 14.4. The molecule has 9 heteroatoms. The molecule has 0 aromatic heterocycles. The van der Waals surface area contributed by atoms with Crippen molar-refractivity contribution >= 4 is 15.9 Å². The molecule has 0 bridgehead atoms. The van der Waals surface area contributed by atoms with Gasteiger partial charge in [0.25, 0.3) is 0 Å². The first-order valence-corrected chi connectivity index (χ1v) is 18.4. The van der Waals surface area contributed by atoms with Gasteiger partial charge in [-0.25, -0.2) is 8.42 Å². The highest BCUT2D eigenvalue weighted by atomic mass is 32.2. The summed E-state index contributed by atoms with van der Waals surface area (Å²) in [7, 11) is -2.13. The van der Waals surface area contributed by atoms with Crippen molar-refractivity contribution < 1.29 is 22.7 Å². The molecule has 0 N–H and O–H groups in total. The van der Waals surface area contributed by atoms with Crippen LogP contribution in [0.4, 0.5) is 0 Å². The van der Waals surface area contributed by atoms with Gasteiger partial charge in [0.2, 0.25) is 15.9 Å². The smallest absolute Gasteiger partial charge is 0.248 e. The summed E-state index contributed by atoms with van der Waals surface area (Å²) in [6.45, 7) is 8.31. The van der Waals surface area contributed by atoms with Crippen LogP contribution in [0, 0.1) is 19.3 Å². The van der Waals surface area contributed by atoms with Crippen molar-refractivity contribution in [1.82, 2.24) is 14.1 Å². The first-order valence-electron chi connectivity index (χ1n) is 17.0. The maximum Gasteiger partial charge on any atom is 0.248 e. The SMILES string of the molecule is COc1cc(C)c(S(=O)(=O)N2CCCC[C@H]2COCC(=O)N2CCC3(CC2)CCC(c2ccccc2)(N2CCC2)CC3)c(C)c1. The number of amides is 1. The van der Waals surface area contributed by atoms with Crippen LogP contribution in [0.25, 0.3) is 0 Å². The number of piperidine rings is 2. The van der Waals surface area contributed by atoms with Gasteiger partial charge < -0.3 is 14.4 Å². The molecule has 0 radical (unpaired) electrons. The number of sulfonamides is 1. The van der Waals surface area contributed by atoms with Gasteiger partial charge in [-0.15, -0.1) is 0 Å². The number of benzene rings is 2. The Morgan fingerprint density at radius 1 is 0.867 bits per heavy atom. The number of hydrogen-bond donors (Lipinski definition) is 0.